The molecule has 9 heteroatoms. The zero-order valence-corrected chi connectivity index (χ0v) is 19.4. The number of hydrogen-bond acceptors (Lipinski definition) is 6. The van der Waals surface area contributed by atoms with Crippen LogP contribution >= 0.6 is 0 Å². The van der Waals surface area contributed by atoms with Gasteiger partial charge in [-0.3, -0.25) is 0 Å². The SMILES string of the molecule is COc1cc2nc(C)nc(NCCc3cccc(-c4ccccc4OC(F)(F)F)c3)c2cc1OC. The van der Waals surface area contributed by atoms with Crippen LogP contribution in [-0.2, 0) is 6.42 Å². The van der Waals surface area contributed by atoms with E-state index in [-0.39, 0.29) is 5.75 Å². The number of aryl methyl sites for hydroxylation is 1. The lowest BCUT2D eigenvalue weighted by molar-refractivity contribution is -0.274. The second-order valence-electron chi connectivity index (χ2n) is 7.76. The fraction of sp³-hybridized carbons (Fsp3) is 0.231. The van der Waals surface area contributed by atoms with Gasteiger partial charge in [0.2, 0.25) is 0 Å². The van der Waals surface area contributed by atoms with E-state index in [1.807, 2.05) is 31.2 Å². The summed E-state index contributed by atoms with van der Waals surface area (Å²) >= 11 is 0. The maximum atomic E-state index is 12.8. The van der Waals surface area contributed by atoms with Gasteiger partial charge in [-0.1, -0.05) is 42.5 Å². The average Bonchev–Trinajstić information content (AvgIpc) is 2.82. The van der Waals surface area contributed by atoms with Gasteiger partial charge >= 0.3 is 6.36 Å². The molecular formula is C26H24F3N3O3. The Bertz CT molecular complexity index is 1340. The van der Waals surface area contributed by atoms with Gasteiger partial charge in [0.15, 0.2) is 11.5 Å². The van der Waals surface area contributed by atoms with Crippen molar-refractivity contribution in [2.75, 3.05) is 26.1 Å². The summed E-state index contributed by atoms with van der Waals surface area (Å²) in [5.41, 5.74) is 2.69. The van der Waals surface area contributed by atoms with E-state index >= 15 is 0 Å². The van der Waals surface area contributed by atoms with Crippen LogP contribution in [0.5, 0.6) is 17.2 Å². The number of hydrogen-bond donors (Lipinski definition) is 1. The van der Waals surface area contributed by atoms with Crippen LogP contribution in [0.4, 0.5) is 19.0 Å². The van der Waals surface area contributed by atoms with Crippen LogP contribution in [0.3, 0.4) is 0 Å². The first-order valence-electron chi connectivity index (χ1n) is 10.9. The van der Waals surface area contributed by atoms with Crippen LogP contribution in [0, 0.1) is 6.92 Å². The number of anilines is 1. The third-order valence-corrected chi connectivity index (χ3v) is 5.37. The Morgan fingerprint density at radius 1 is 0.857 bits per heavy atom. The number of aromatic nitrogens is 2. The maximum absolute atomic E-state index is 12.8. The molecule has 182 valence electrons. The smallest absolute Gasteiger partial charge is 0.493 e. The minimum Gasteiger partial charge on any atom is -0.493 e. The molecular weight excluding hydrogens is 459 g/mol. The summed E-state index contributed by atoms with van der Waals surface area (Å²) in [4.78, 5) is 9.02. The van der Waals surface area contributed by atoms with Crippen LogP contribution < -0.4 is 19.5 Å². The minimum absolute atomic E-state index is 0.234. The summed E-state index contributed by atoms with van der Waals surface area (Å²) in [5, 5.41) is 4.14. The van der Waals surface area contributed by atoms with Gasteiger partial charge in [-0.2, -0.15) is 0 Å². The van der Waals surface area contributed by atoms with Crippen molar-refractivity contribution in [3.8, 4) is 28.4 Å². The van der Waals surface area contributed by atoms with Gasteiger partial charge in [0, 0.05) is 23.6 Å². The molecule has 0 amide bonds. The van der Waals surface area contributed by atoms with E-state index in [4.69, 9.17) is 9.47 Å². The number of fused-ring (bicyclic) bond motifs is 1. The summed E-state index contributed by atoms with van der Waals surface area (Å²) in [5.74, 6) is 2.19. The van der Waals surface area contributed by atoms with E-state index in [0.717, 1.165) is 16.5 Å². The van der Waals surface area contributed by atoms with Crippen LogP contribution in [0.15, 0.2) is 60.7 Å². The lowest BCUT2D eigenvalue weighted by Gasteiger charge is -2.14. The van der Waals surface area contributed by atoms with Gasteiger partial charge in [0.25, 0.3) is 0 Å². The monoisotopic (exact) mass is 483 g/mol. The number of halogens is 3. The van der Waals surface area contributed by atoms with E-state index in [1.165, 1.54) is 12.1 Å². The Balaban J connectivity index is 1.54. The Kier molecular flexibility index (Phi) is 6.95. The maximum Gasteiger partial charge on any atom is 0.573 e. The highest BCUT2D eigenvalue weighted by Crippen LogP contribution is 2.35. The number of para-hydroxylation sites is 1. The Morgan fingerprint density at radius 3 is 2.34 bits per heavy atom. The molecule has 1 heterocycles. The summed E-state index contributed by atoms with van der Waals surface area (Å²) < 4.78 is 53.4. The molecule has 0 aliphatic heterocycles. The lowest BCUT2D eigenvalue weighted by Crippen LogP contribution is -2.17. The highest BCUT2D eigenvalue weighted by atomic mass is 19.4. The highest BCUT2D eigenvalue weighted by Gasteiger charge is 2.32. The van der Waals surface area contributed by atoms with Gasteiger partial charge in [-0.05, 0) is 36.6 Å². The molecule has 0 bridgehead atoms. The number of nitrogens with zero attached hydrogens (tertiary/aromatic N) is 2. The van der Waals surface area contributed by atoms with E-state index in [1.54, 1.807) is 38.5 Å². The van der Waals surface area contributed by atoms with Crippen molar-refractivity contribution >= 4 is 16.7 Å². The summed E-state index contributed by atoms with van der Waals surface area (Å²) in [6, 6.07) is 17.1. The molecule has 0 aliphatic carbocycles. The quantitative estimate of drug-likeness (QED) is 0.323. The standard InChI is InChI=1S/C26H24F3N3O3/c1-16-31-21-15-24(34-3)23(33-2)14-20(21)25(32-16)30-12-11-17-7-6-8-18(13-17)19-9-4-5-10-22(19)35-26(27,28)29/h4-10,13-15H,11-12H2,1-3H3,(H,30,31,32). The predicted molar refractivity (Wildman–Crippen MR) is 128 cm³/mol. The summed E-state index contributed by atoms with van der Waals surface area (Å²) in [6.45, 7) is 2.36. The molecule has 1 aromatic heterocycles. The van der Waals surface area contributed by atoms with Gasteiger partial charge in [-0.25, -0.2) is 9.97 Å². The molecule has 0 saturated heterocycles. The van der Waals surface area contributed by atoms with Crippen molar-refractivity contribution in [1.82, 2.24) is 9.97 Å². The van der Waals surface area contributed by atoms with Crippen molar-refractivity contribution < 1.29 is 27.4 Å². The molecule has 0 spiro atoms. The number of ether oxygens (including phenoxy) is 3. The first-order chi connectivity index (χ1) is 16.8. The van der Waals surface area contributed by atoms with Crippen LogP contribution in [0.25, 0.3) is 22.0 Å². The molecule has 0 unspecified atom stereocenters. The third kappa shape index (κ3) is 5.74. The van der Waals surface area contributed by atoms with Gasteiger partial charge in [0.1, 0.15) is 17.4 Å². The number of benzene rings is 3. The molecule has 35 heavy (non-hydrogen) atoms. The first-order valence-corrected chi connectivity index (χ1v) is 10.9. The molecule has 3 aromatic carbocycles. The minimum atomic E-state index is -4.76. The first kappa shape index (κ1) is 24.1. The average molecular weight is 483 g/mol. The molecule has 1 N–H and O–H groups in total. The van der Waals surface area contributed by atoms with E-state index < -0.39 is 6.36 Å². The van der Waals surface area contributed by atoms with Crippen molar-refractivity contribution in [2.45, 2.75) is 19.7 Å². The van der Waals surface area contributed by atoms with Crippen molar-refractivity contribution in [1.29, 1.82) is 0 Å². The predicted octanol–water partition coefficient (Wildman–Crippen LogP) is 6.18. The highest BCUT2D eigenvalue weighted by molar-refractivity contribution is 5.91. The number of nitrogens with one attached hydrogen (secondary N) is 1. The topological polar surface area (TPSA) is 65.5 Å². The van der Waals surface area contributed by atoms with Crippen LogP contribution in [-0.4, -0.2) is 37.1 Å². The zero-order chi connectivity index (χ0) is 25.0. The van der Waals surface area contributed by atoms with E-state index in [2.05, 4.69) is 20.0 Å². The van der Waals surface area contributed by atoms with Gasteiger partial charge in [-0.15, -0.1) is 13.2 Å². The second kappa shape index (κ2) is 10.1. The number of rotatable bonds is 8. The number of alkyl halides is 3. The third-order valence-electron chi connectivity index (χ3n) is 5.37. The van der Waals surface area contributed by atoms with Crippen LogP contribution in [0.1, 0.15) is 11.4 Å². The molecule has 0 radical (unpaired) electrons. The second-order valence-corrected chi connectivity index (χ2v) is 7.76. The van der Waals surface area contributed by atoms with Crippen molar-refractivity contribution in [2.24, 2.45) is 0 Å². The summed E-state index contributed by atoms with van der Waals surface area (Å²) in [6.07, 6.45) is -4.14. The Labute approximate surface area is 200 Å². The van der Waals surface area contributed by atoms with Crippen molar-refractivity contribution in [3.05, 3.63) is 72.1 Å². The van der Waals surface area contributed by atoms with Gasteiger partial charge in [0.05, 0.1) is 19.7 Å². The molecule has 4 rings (SSSR count). The molecule has 0 fully saturated rings. The Hall–Kier alpha value is -4.01. The van der Waals surface area contributed by atoms with Crippen LogP contribution in [0.2, 0.25) is 0 Å². The van der Waals surface area contributed by atoms with E-state index in [9.17, 15) is 13.2 Å². The van der Waals surface area contributed by atoms with Gasteiger partial charge < -0.3 is 19.5 Å². The molecule has 6 nitrogen and oxygen atoms in total. The number of methoxy groups -OCH3 is 2. The lowest BCUT2D eigenvalue weighted by atomic mass is 10.0. The molecule has 0 saturated carbocycles. The van der Waals surface area contributed by atoms with Crippen molar-refractivity contribution in [3.63, 3.8) is 0 Å². The molecule has 4 aromatic rings. The Morgan fingerprint density at radius 2 is 1.60 bits per heavy atom. The molecule has 0 aliphatic rings. The fourth-order valence-corrected chi connectivity index (χ4v) is 3.84. The summed E-state index contributed by atoms with van der Waals surface area (Å²) in [7, 11) is 3.13. The largest absolute Gasteiger partial charge is 0.573 e. The molecule has 0 atom stereocenters. The fourth-order valence-electron chi connectivity index (χ4n) is 3.84. The van der Waals surface area contributed by atoms with E-state index in [0.29, 0.717) is 47.2 Å². The zero-order valence-electron chi connectivity index (χ0n) is 19.4. The normalized spacial score (nSPS) is 11.4.